The van der Waals surface area contributed by atoms with E-state index in [0.29, 0.717) is 16.8 Å². The van der Waals surface area contributed by atoms with Gasteiger partial charge >= 0.3 is 0 Å². The Balaban J connectivity index is 1.27. The van der Waals surface area contributed by atoms with E-state index >= 15 is 0 Å². The number of hydrogen-bond acceptors (Lipinski definition) is 4. The van der Waals surface area contributed by atoms with Crippen molar-refractivity contribution >= 4 is 5.91 Å². The lowest BCUT2D eigenvalue weighted by Gasteiger charge is -2.32. The monoisotopic (exact) mass is 419 g/mol. The Kier molecular flexibility index (Phi) is 6.57. The molecule has 0 unspecified atom stereocenters. The van der Waals surface area contributed by atoms with Gasteiger partial charge in [-0.15, -0.1) is 0 Å². The van der Waals surface area contributed by atoms with Gasteiger partial charge in [-0.1, -0.05) is 24.3 Å². The topological polar surface area (TPSA) is 54.5 Å². The summed E-state index contributed by atoms with van der Waals surface area (Å²) in [5, 5.41) is 3.12. The summed E-state index contributed by atoms with van der Waals surface area (Å²) >= 11 is 0. The number of carbonyl (C=O) groups excluding carboxylic acids is 1. The predicted molar refractivity (Wildman–Crippen MR) is 118 cm³/mol. The molecule has 31 heavy (non-hydrogen) atoms. The largest absolute Gasteiger partial charge is 0.497 e. The quantitative estimate of drug-likeness (QED) is 0.648. The minimum Gasteiger partial charge on any atom is -0.497 e. The molecule has 2 aromatic carbocycles. The van der Waals surface area contributed by atoms with E-state index in [9.17, 15) is 9.18 Å². The molecular formula is C25H26FN3O2. The number of halogens is 1. The summed E-state index contributed by atoms with van der Waals surface area (Å²) in [5.74, 6) is 0.440. The van der Waals surface area contributed by atoms with Gasteiger partial charge in [-0.3, -0.25) is 14.7 Å². The molecule has 160 valence electrons. The molecule has 1 aromatic heterocycles. The second-order valence-corrected chi connectivity index (χ2v) is 7.81. The van der Waals surface area contributed by atoms with Crippen LogP contribution in [0.4, 0.5) is 4.39 Å². The zero-order valence-corrected chi connectivity index (χ0v) is 17.6. The van der Waals surface area contributed by atoms with Gasteiger partial charge in [0, 0.05) is 37.4 Å². The number of benzene rings is 2. The molecule has 1 amide bonds. The molecule has 1 aliphatic rings. The minimum atomic E-state index is -0.306. The van der Waals surface area contributed by atoms with Crippen LogP contribution in [0.2, 0.25) is 0 Å². The summed E-state index contributed by atoms with van der Waals surface area (Å²) in [7, 11) is 1.67. The fraction of sp³-hybridized carbons (Fsp3) is 0.280. The Labute approximate surface area is 181 Å². The number of piperidine rings is 1. The molecule has 0 bridgehead atoms. The molecule has 6 heteroatoms. The average molecular weight is 420 g/mol. The molecule has 0 atom stereocenters. The zero-order chi connectivity index (χ0) is 21.6. The molecule has 0 radical (unpaired) electrons. The summed E-state index contributed by atoms with van der Waals surface area (Å²) in [4.78, 5) is 19.3. The Morgan fingerprint density at radius 2 is 1.90 bits per heavy atom. The van der Waals surface area contributed by atoms with E-state index in [1.54, 1.807) is 37.6 Å². The van der Waals surface area contributed by atoms with Crippen molar-refractivity contribution in [3.05, 3.63) is 83.8 Å². The highest BCUT2D eigenvalue weighted by molar-refractivity contribution is 5.94. The zero-order valence-electron chi connectivity index (χ0n) is 17.6. The third-order valence-corrected chi connectivity index (χ3v) is 5.63. The second-order valence-electron chi connectivity index (χ2n) is 7.81. The highest BCUT2D eigenvalue weighted by atomic mass is 19.1. The van der Waals surface area contributed by atoms with Crippen LogP contribution in [0, 0.1) is 5.82 Å². The molecule has 0 aliphatic carbocycles. The molecular weight excluding hydrogens is 393 g/mol. The van der Waals surface area contributed by atoms with Crippen LogP contribution in [0.15, 0.2) is 66.9 Å². The lowest BCUT2D eigenvalue weighted by atomic mass is 10.0. The lowest BCUT2D eigenvalue weighted by molar-refractivity contribution is 0.0908. The number of likely N-dealkylation sites (tertiary alicyclic amines) is 1. The van der Waals surface area contributed by atoms with Crippen LogP contribution in [0.5, 0.6) is 5.75 Å². The van der Waals surface area contributed by atoms with Gasteiger partial charge in [0.1, 0.15) is 11.6 Å². The fourth-order valence-corrected chi connectivity index (χ4v) is 3.84. The van der Waals surface area contributed by atoms with E-state index in [-0.39, 0.29) is 17.8 Å². The van der Waals surface area contributed by atoms with Crippen LogP contribution >= 0.6 is 0 Å². The molecule has 0 saturated carbocycles. The van der Waals surface area contributed by atoms with Crippen molar-refractivity contribution in [2.24, 2.45) is 0 Å². The van der Waals surface area contributed by atoms with E-state index in [1.807, 2.05) is 12.1 Å². The molecule has 1 fully saturated rings. The Hall–Kier alpha value is -3.25. The van der Waals surface area contributed by atoms with Gasteiger partial charge in [0.15, 0.2) is 0 Å². The van der Waals surface area contributed by atoms with Gasteiger partial charge in [0.25, 0.3) is 5.91 Å². The third-order valence-electron chi connectivity index (χ3n) is 5.63. The van der Waals surface area contributed by atoms with Crippen molar-refractivity contribution in [2.45, 2.75) is 25.4 Å². The van der Waals surface area contributed by atoms with Crippen molar-refractivity contribution in [3.8, 4) is 17.0 Å². The number of aromatic nitrogens is 1. The number of ether oxygens (including phenoxy) is 1. The number of amides is 1. The summed E-state index contributed by atoms with van der Waals surface area (Å²) in [6.45, 7) is 2.78. The first kappa shape index (κ1) is 21.0. The Morgan fingerprint density at radius 3 is 2.55 bits per heavy atom. The summed E-state index contributed by atoms with van der Waals surface area (Å²) in [5.41, 5.74) is 3.10. The van der Waals surface area contributed by atoms with Crippen LogP contribution in [0.3, 0.4) is 0 Å². The van der Waals surface area contributed by atoms with Crippen LogP contribution in [0.1, 0.15) is 28.8 Å². The smallest absolute Gasteiger partial charge is 0.253 e. The first-order valence-corrected chi connectivity index (χ1v) is 10.5. The minimum absolute atomic E-state index is 0.119. The number of nitrogens with one attached hydrogen (secondary N) is 1. The maximum absolute atomic E-state index is 13.4. The van der Waals surface area contributed by atoms with Gasteiger partial charge in [0.2, 0.25) is 0 Å². The summed E-state index contributed by atoms with van der Waals surface area (Å²) in [6, 6.07) is 18.1. The summed E-state index contributed by atoms with van der Waals surface area (Å²) < 4.78 is 18.6. The summed E-state index contributed by atoms with van der Waals surface area (Å²) in [6.07, 6.45) is 3.38. The van der Waals surface area contributed by atoms with Gasteiger partial charge in [-0.05, 0) is 54.8 Å². The first-order valence-electron chi connectivity index (χ1n) is 10.5. The van der Waals surface area contributed by atoms with Gasteiger partial charge in [-0.25, -0.2) is 4.39 Å². The third kappa shape index (κ3) is 5.47. The molecule has 2 heterocycles. The Bertz CT molecular complexity index is 1010. The van der Waals surface area contributed by atoms with Crippen molar-refractivity contribution in [2.75, 3.05) is 20.2 Å². The number of pyridine rings is 1. The van der Waals surface area contributed by atoms with Crippen LogP contribution in [0.25, 0.3) is 11.3 Å². The maximum Gasteiger partial charge on any atom is 0.253 e. The van der Waals surface area contributed by atoms with E-state index < -0.39 is 0 Å². The number of methoxy groups -OCH3 is 1. The molecule has 1 N–H and O–H groups in total. The van der Waals surface area contributed by atoms with Gasteiger partial charge in [0.05, 0.1) is 18.4 Å². The van der Waals surface area contributed by atoms with Gasteiger partial charge in [-0.2, -0.15) is 0 Å². The molecule has 0 spiro atoms. The molecule has 1 aliphatic heterocycles. The predicted octanol–water partition coefficient (Wildman–Crippen LogP) is 4.29. The van der Waals surface area contributed by atoms with E-state index in [4.69, 9.17) is 4.74 Å². The molecule has 1 saturated heterocycles. The number of nitrogens with zero attached hydrogens (tertiary/aromatic N) is 2. The standard InChI is InChI=1S/C25H26FN3O2/c1-31-23-8-5-18(6-9-23)17-29-13-11-22(12-14-29)28-25(30)20-7-10-24(27-16-20)19-3-2-4-21(26)15-19/h2-10,15-16,22H,11-14,17H2,1H3,(H,28,30). The normalized spacial score (nSPS) is 14.9. The molecule has 3 aromatic rings. The lowest BCUT2D eigenvalue weighted by Crippen LogP contribution is -2.44. The SMILES string of the molecule is COc1ccc(CN2CCC(NC(=O)c3ccc(-c4cccc(F)c4)nc3)CC2)cc1. The van der Waals surface area contributed by atoms with Crippen molar-refractivity contribution in [1.29, 1.82) is 0 Å². The highest BCUT2D eigenvalue weighted by Gasteiger charge is 2.21. The first-order chi connectivity index (χ1) is 15.1. The van der Waals surface area contributed by atoms with Crippen LogP contribution < -0.4 is 10.1 Å². The molecule has 5 nitrogen and oxygen atoms in total. The average Bonchev–Trinajstić information content (AvgIpc) is 2.81. The fourth-order valence-electron chi connectivity index (χ4n) is 3.84. The maximum atomic E-state index is 13.4. The van der Waals surface area contributed by atoms with Crippen molar-refractivity contribution < 1.29 is 13.9 Å². The molecule has 4 rings (SSSR count). The van der Waals surface area contributed by atoms with Crippen LogP contribution in [-0.2, 0) is 6.54 Å². The van der Waals surface area contributed by atoms with E-state index in [0.717, 1.165) is 38.2 Å². The highest BCUT2D eigenvalue weighted by Crippen LogP contribution is 2.19. The van der Waals surface area contributed by atoms with Crippen molar-refractivity contribution in [3.63, 3.8) is 0 Å². The van der Waals surface area contributed by atoms with Gasteiger partial charge < -0.3 is 10.1 Å². The van der Waals surface area contributed by atoms with Crippen LogP contribution in [-0.4, -0.2) is 42.0 Å². The second kappa shape index (κ2) is 9.71. The number of hydrogen-bond donors (Lipinski definition) is 1. The van der Waals surface area contributed by atoms with Crippen molar-refractivity contribution in [1.82, 2.24) is 15.2 Å². The number of rotatable bonds is 6. The van der Waals surface area contributed by atoms with E-state index in [1.165, 1.54) is 17.7 Å². The number of carbonyl (C=O) groups is 1. The Morgan fingerprint density at radius 1 is 1.13 bits per heavy atom. The van der Waals surface area contributed by atoms with E-state index in [2.05, 4.69) is 27.3 Å².